The topological polar surface area (TPSA) is 64.4 Å². The molecule has 0 fully saturated rings. The van der Waals surface area contributed by atoms with Gasteiger partial charge >= 0.3 is 0 Å². The van der Waals surface area contributed by atoms with E-state index >= 15 is 0 Å². The van der Waals surface area contributed by atoms with Crippen molar-refractivity contribution in [2.75, 3.05) is 7.11 Å². The van der Waals surface area contributed by atoms with E-state index in [2.05, 4.69) is 10.3 Å². The van der Waals surface area contributed by atoms with Gasteiger partial charge in [0.1, 0.15) is 5.75 Å². The minimum Gasteiger partial charge on any atom is -0.497 e. The largest absolute Gasteiger partial charge is 0.497 e. The molecule has 3 rings (SSSR count). The molecule has 0 aliphatic carbocycles. The summed E-state index contributed by atoms with van der Waals surface area (Å²) < 4.78 is 10.5. The third-order valence-corrected chi connectivity index (χ3v) is 4.77. The summed E-state index contributed by atoms with van der Waals surface area (Å²) in [5.41, 5.74) is 1.86. The van der Waals surface area contributed by atoms with Crippen LogP contribution in [0.4, 0.5) is 0 Å². The second-order valence-corrected chi connectivity index (χ2v) is 6.39. The molecule has 0 spiro atoms. The van der Waals surface area contributed by atoms with Crippen LogP contribution in [0.25, 0.3) is 10.8 Å². The number of hydrogen-bond donors (Lipinski definition) is 1. The summed E-state index contributed by atoms with van der Waals surface area (Å²) in [5.74, 6) is 1.51. The predicted molar refractivity (Wildman–Crippen MR) is 93.1 cm³/mol. The van der Waals surface area contributed by atoms with E-state index in [1.807, 2.05) is 43.3 Å². The maximum Gasteiger partial charge on any atom is 0.224 e. The number of benzene rings is 1. The van der Waals surface area contributed by atoms with Crippen LogP contribution in [0, 0.1) is 6.92 Å². The third kappa shape index (κ3) is 3.83. The molecule has 2 aromatic heterocycles. The van der Waals surface area contributed by atoms with Crippen molar-refractivity contribution in [2.24, 2.45) is 0 Å². The minimum atomic E-state index is -0.0208. The molecule has 0 saturated carbocycles. The molecule has 24 heavy (non-hydrogen) atoms. The smallest absolute Gasteiger partial charge is 0.224 e. The zero-order valence-corrected chi connectivity index (χ0v) is 14.4. The van der Waals surface area contributed by atoms with Crippen molar-refractivity contribution in [3.8, 4) is 16.5 Å². The lowest BCUT2D eigenvalue weighted by Crippen LogP contribution is -2.24. The monoisotopic (exact) mass is 342 g/mol. The van der Waals surface area contributed by atoms with E-state index in [9.17, 15) is 4.79 Å². The molecule has 0 bridgehead atoms. The number of nitrogens with one attached hydrogen (secondary N) is 1. The van der Waals surface area contributed by atoms with Gasteiger partial charge in [0.05, 0.1) is 32.0 Å². The number of ether oxygens (including phenoxy) is 1. The van der Waals surface area contributed by atoms with Gasteiger partial charge in [0.2, 0.25) is 5.91 Å². The van der Waals surface area contributed by atoms with E-state index in [4.69, 9.17) is 9.15 Å². The lowest BCUT2D eigenvalue weighted by molar-refractivity contribution is -0.120. The fraction of sp³-hybridized carbons (Fsp3) is 0.222. The highest BCUT2D eigenvalue weighted by molar-refractivity contribution is 7.15. The molecule has 0 saturated heterocycles. The second-order valence-electron chi connectivity index (χ2n) is 5.31. The van der Waals surface area contributed by atoms with Gasteiger partial charge in [-0.25, -0.2) is 4.98 Å². The molecule has 0 unspecified atom stereocenters. The van der Waals surface area contributed by atoms with E-state index in [1.54, 1.807) is 13.4 Å². The van der Waals surface area contributed by atoms with Crippen LogP contribution in [0.15, 0.2) is 47.1 Å². The number of amides is 1. The normalized spacial score (nSPS) is 10.6. The van der Waals surface area contributed by atoms with Crippen LogP contribution < -0.4 is 10.1 Å². The fourth-order valence-electron chi connectivity index (χ4n) is 2.27. The number of rotatable bonds is 6. The van der Waals surface area contributed by atoms with Crippen molar-refractivity contribution in [3.63, 3.8) is 0 Å². The van der Waals surface area contributed by atoms with Gasteiger partial charge in [-0.1, -0.05) is 12.1 Å². The number of aromatic nitrogens is 1. The van der Waals surface area contributed by atoms with Crippen molar-refractivity contribution in [1.82, 2.24) is 10.3 Å². The summed E-state index contributed by atoms with van der Waals surface area (Å²) in [6.45, 7) is 2.41. The Balaban J connectivity index is 1.58. The molecule has 2 heterocycles. The number of hydrogen-bond acceptors (Lipinski definition) is 5. The highest BCUT2D eigenvalue weighted by Crippen LogP contribution is 2.28. The van der Waals surface area contributed by atoms with Crippen LogP contribution in [0.2, 0.25) is 0 Å². The molecular formula is C18H18N2O3S. The molecule has 1 N–H and O–H groups in total. The Labute approximate surface area is 144 Å². The first-order valence-corrected chi connectivity index (χ1v) is 8.37. The number of aryl methyl sites for hydroxylation is 1. The van der Waals surface area contributed by atoms with Gasteiger partial charge in [-0.05, 0) is 36.8 Å². The van der Waals surface area contributed by atoms with E-state index in [1.165, 1.54) is 11.3 Å². The molecule has 0 radical (unpaired) electrons. The van der Waals surface area contributed by atoms with Gasteiger partial charge in [0.15, 0.2) is 10.8 Å². The van der Waals surface area contributed by atoms with Crippen molar-refractivity contribution in [1.29, 1.82) is 0 Å². The van der Waals surface area contributed by atoms with E-state index in [0.29, 0.717) is 13.0 Å². The Morgan fingerprint density at radius 1 is 1.29 bits per heavy atom. The lowest BCUT2D eigenvalue weighted by atomic mass is 10.1. The van der Waals surface area contributed by atoms with Crippen molar-refractivity contribution < 1.29 is 13.9 Å². The fourth-order valence-corrected chi connectivity index (χ4v) is 3.24. The lowest BCUT2D eigenvalue weighted by Gasteiger charge is -2.05. The summed E-state index contributed by atoms with van der Waals surface area (Å²) in [6.07, 6.45) is 1.97. The molecule has 5 nitrogen and oxygen atoms in total. The van der Waals surface area contributed by atoms with E-state index < -0.39 is 0 Å². The van der Waals surface area contributed by atoms with Crippen molar-refractivity contribution >= 4 is 17.2 Å². The molecular weight excluding hydrogens is 324 g/mol. The summed E-state index contributed by atoms with van der Waals surface area (Å²) >= 11 is 1.53. The van der Waals surface area contributed by atoms with Gasteiger partial charge in [-0.15, -0.1) is 11.3 Å². The van der Waals surface area contributed by atoms with E-state index in [0.717, 1.165) is 32.7 Å². The number of thiazole rings is 1. The average Bonchev–Trinajstić information content (AvgIpc) is 3.23. The van der Waals surface area contributed by atoms with Crippen LogP contribution in [0.3, 0.4) is 0 Å². The Morgan fingerprint density at radius 2 is 2.08 bits per heavy atom. The maximum absolute atomic E-state index is 12.1. The highest BCUT2D eigenvalue weighted by atomic mass is 32.1. The quantitative estimate of drug-likeness (QED) is 0.744. The average molecular weight is 342 g/mol. The zero-order valence-electron chi connectivity index (χ0n) is 13.5. The van der Waals surface area contributed by atoms with Crippen LogP contribution in [0.5, 0.6) is 5.75 Å². The van der Waals surface area contributed by atoms with Gasteiger partial charge in [0, 0.05) is 4.88 Å². The SMILES string of the molecule is COc1ccc(CC(=O)NCc2sc(-c3ccco3)nc2C)cc1. The molecule has 0 atom stereocenters. The number of furan rings is 1. The van der Waals surface area contributed by atoms with Gasteiger partial charge < -0.3 is 14.5 Å². The number of methoxy groups -OCH3 is 1. The number of carbonyl (C=O) groups is 1. The Bertz CT molecular complexity index is 807. The summed E-state index contributed by atoms with van der Waals surface area (Å²) in [7, 11) is 1.62. The molecule has 0 aliphatic rings. The van der Waals surface area contributed by atoms with Crippen molar-refractivity contribution in [2.45, 2.75) is 19.9 Å². The van der Waals surface area contributed by atoms with Crippen LogP contribution in [-0.2, 0) is 17.8 Å². The van der Waals surface area contributed by atoms with E-state index in [-0.39, 0.29) is 5.91 Å². The summed E-state index contributed by atoms with van der Waals surface area (Å²) in [4.78, 5) is 17.6. The minimum absolute atomic E-state index is 0.0208. The predicted octanol–water partition coefficient (Wildman–Crippen LogP) is 3.58. The molecule has 1 amide bonds. The Hall–Kier alpha value is -2.60. The number of nitrogens with zero attached hydrogens (tertiary/aromatic N) is 1. The van der Waals surface area contributed by atoms with Crippen LogP contribution in [-0.4, -0.2) is 18.0 Å². The van der Waals surface area contributed by atoms with Gasteiger partial charge in [0.25, 0.3) is 0 Å². The molecule has 124 valence electrons. The highest BCUT2D eigenvalue weighted by Gasteiger charge is 2.12. The maximum atomic E-state index is 12.1. The molecule has 6 heteroatoms. The van der Waals surface area contributed by atoms with Crippen LogP contribution >= 0.6 is 11.3 Å². The number of carbonyl (C=O) groups excluding carboxylic acids is 1. The third-order valence-electron chi connectivity index (χ3n) is 3.59. The zero-order chi connectivity index (χ0) is 16.9. The molecule has 0 aliphatic heterocycles. The summed E-state index contributed by atoms with van der Waals surface area (Å²) in [5, 5.41) is 3.78. The van der Waals surface area contributed by atoms with Gasteiger partial charge in [-0.2, -0.15) is 0 Å². The molecule has 3 aromatic rings. The second kappa shape index (κ2) is 7.31. The first kappa shape index (κ1) is 16.3. The Kier molecular flexibility index (Phi) is 4.96. The van der Waals surface area contributed by atoms with Crippen LogP contribution in [0.1, 0.15) is 16.1 Å². The van der Waals surface area contributed by atoms with Crippen molar-refractivity contribution in [3.05, 3.63) is 58.8 Å². The Morgan fingerprint density at radius 3 is 2.75 bits per heavy atom. The molecule has 1 aromatic carbocycles. The first-order chi connectivity index (χ1) is 11.7. The standard InChI is InChI=1S/C18H18N2O3S/c1-12-16(24-18(20-12)15-4-3-9-23-15)11-19-17(21)10-13-5-7-14(22-2)8-6-13/h3-9H,10-11H2,1-2H3,(H,19,21). The summed E-state index contributed by atoms with van der Waals surface area (Å²) in [6, 6.07) is 11.2. The first-order valence-electron chi connectivity index (χ1n) is 7.55. The van der Waals surface area contributed by atoms with Gasteiger partial charge in [-0.3, -0.25) is 4.79 Å².